The van der Waals surface area contributed by atoms with E-state index >= 15 is 0 Å². The van der Waals surface area contributed by atoms with Gasteiger partial charge in [-0.15, -0.1) is 0 Å². The second-order valence-electron chi connectivity index (χ2n) is 5.35. The summed E-state index contributed by atoms with van der Waals surface area (Å²) in [6.45, 7) is 4.74. The lowest BCUT2D eigenvalue weighted by molar-refractivity contribution is 0.159. The van der Waals surface area contributed by atoms with E-state index in [1.54, 1.807) is 7.11 Å². The molecule has 0 spiro atoms. The lowest BCUT2D eigenvalue weighted by Gasteiger charge is -2.15. The van der Waals surface area contributed by atoms with Crippen LogP contribution in [0, 0.1) is 0 Å². The summed E-state index contributed by atoms with van der Waals surface area (Å²) in [7, 11) is 3.88. The lowest BCUT2D eigenvalue weighted by atomic mass is 10.1. The van der Waals surface area contributed by atoms with Gasteiger partial charge in [0, 0.05) is 25.9 Å². The summed E-state index contributed by atoms with van der Waals surface area (Å²) in [5.41, 5.74) is 2.64. The Morgan fingerprint density at radius 3 is 2.95 bits per heavy atom. The topological polar surface area (TPSA) is 33.7 Å². The molecule has 1 aromatic carbocycles. The molecule has 0 aromatic heterocycles. The number of nitrogens with zero attached hydrogens (tertiary/aromatic N) is 1. The van der Waals surface area contributed by atoms with Crippen molar-refractivity contribution in [2.45, 2.75) is 19.3 Å². The Bertz CT molecular complexity index is 409. The van der Waals surface area contributed by atoms with E-state index in [0.717, 1.165) is 57.9 Å². The van der Waals surface area contributed by atoms with E-state index in [9.17, 15) is 0 Å². The molecule has 20 heavy (non-hydrogen) atoms. The SMILES string of the molecule is COCCN(C)CCCCOc1ccc2c(c1)CCN2. The molecule has 0 saturated heterocycles. The van der Waals surface area contributed by atoms with Gasteiger partial charge in [0.25, 0.3) is 0 Å². The van der Waals surface area contributed by atoms with E-state index in [4.69, 9.17) is 9.47 Å². The number of methoxy groups -OCH3 is 1. The van der Waals surface area contributed by atoms with Crippen molar-refractivity contribution in [3.8, 4) is 5.75 Å². The molecule has 0 radical (unpaired) electrons. The van der Waals surface area contributed by atoms with Gasteiger partial charge in [-0.1, -0.05) is 0 Å². The molecule has 1 N–H and O–H groups in total. The zero-order chi connectivity index (χ0) is 14.2. The normalized spacial score (nSPS) is 13.3. The maximum atomic E-state index is 5.82. The molecular formula is C16H26N2O2. The van der Waals surface area contributed by atoms with Crippen LogP contribution < -0.4 is 10.1 Å². The molecule has 2 rings (SSSR count). The van der Waals surface area contributed by atoms with E-state index in [1.165, 1.54) is 11.3 Å². The fraction of sp³-hybridized carbons (Fsp3) is 0.625. The number of anilines is 1. The van der Waals surface area contributed by atoms with Crippen molar-refractivity contribution in [3.05, 3.63) is 23.8 Å². The van der Waals surface area contributed by atoms with Gasteiger partial charge in [0.2, 0.25) is 0 Å². The Labute approximate surface area is 122 Å². The molecule has 1 aliphatic rings. The first-order valence-electron chi connectivity index (χ1n) is 7.46. The van der Waals surface area contributed by atoms with Gasteiger partial charge in [-0.3, -0.25) is 0 Å². The van der Waals surface area contributed by atoms with Crippen LogP contribution in [-0.4, -0.2) is 51.9 Å². The van der Waals surface area contributed by atoms with Crippen LogP contribution in [-0.2, 0) is 11.2 Å². The summed E-state index contributed by atoms with van der Waals surface area (Å²) in [5.74, 6) is 1.00. The second kappa shape index (κ2) is 8.12. The molecule has 0 aliphatic carbocycles. The Kier molecular flexibility index (Phi) is 6.15. The van der Waals surface area contributed by atoms with Crippen molar-refractivity contribution in [3.63, 3.8) is 0 Å². The van der Waals surface area contributed by atoms with Crippen LogP contribution in [0.1, 0.15) is 18.4 Å². The predicted molar refractivity (Wildman–Crippen MR) is 82.7 cm³/mol. The monoisotopic (exact) mass is 278 g/mol. The van der Waals surface area contributed by atoms with Crippen LogP contribution in [0.15, 0.2) is 18.2 Å². The molecule has 4 heteroatoms. The van der Waals surface area contributed by atoms with Gasteiger partial charge < -0.3 is 19.7 Å². The summed E-state index contributed by atoms with van der Waals surface area (Å²) in [6.07, 6.45) is 3.36. The smallest absolute Gasteiger partial charge is 0.119 e. The van der Waals surface area contributed by atoms with Crippen LogP contribution in [0.4, 0.5) is 5.69 Å². The largest absolute Gasteiger partial charge is 0.494 e. The highest BCUT2D eigenvalue weighted by Gasteiger charge is 2.10. The van der Waals surface area contributed by atoms with Crippen molar-refractivity contribution in [1.82, 2.24) is 4.90 Å². The Balaban J connectivity index is 1.59. The molecule has 1 aliphatic heterocycles. The standard InChI is InChI=1S/C16H26N2O2/c1-18(10-12-19-2)9-3-4-11-20-15-5-6-16-14(13-15)7-8-17-16/h5-6,13,17H,3-4,7-12H2,1-2H3. The first-order chi connectivity index (χ1) is 9.79. The number of hydrogen-bond acceptors (Lipinski definition) is 4. The van der Waals surface area contributed by atoms with Crippen molar-refractivity contribution in [2.24, 2.45) is 0 Å². The molecule has 0 saturated carbocycles. The maximum absolute atomic E-state index is 5.82. The third-order valence-electron chi connectivity index (χ3n) is 3.67. The molecule has 0 atom stereocenters. The number of benzene rings is 1. The summed E-state index contributed by atoms with van der Waals surface area (Å²) in [4.78, 5) is 2.30. The van der Waals surface area contributed by atoms with Crippen molar-refractivity contribution in [2.75, 3.05) is 52.3 Å². The first-order valence-corrected chi connectivity index (χ1v) is 7.46. The lowest BCUT2D eigenvalue weighted by Crippen LogP contribution is -2.24. The highest BCUT2D eigenvalue weighted by molar-refractivity contribution is 5.57. The summed E-state index contributed by atoms with van der Waals surface area (Å²) in [6, 6.07) is 6.35. The quantitative estimate of drug-likeness (QED) is 0.703. The number of rotatable bonds is 9. The zero-order valence-corrected chi connectivity index (χ0v) is 12.7. The molecule has 0 unspecified atom stereocenters. The van der Waals surface area contributed by atoms with E-state index < -0.39 is 0 Å². The third-order valence-corrected chi connectivity index (χ3v) is 3.67. The summed E-state index contributed by atoms with van der Waals surface area (Å²) >= 11 is 0. The zero-order valence-electron chi connectivity index (χ0n) is 12.7. The number of hydrogen-bond donors (Lipinski definition) is 1. The van der Waals surface area contributed by atoms with Crippen LogP contribution >= 0.6 is 0 Å². The molecule has 4 nitrogen and oxygen atoms in total. The first kappa shape index (κ1) is 15.1. The summed E-state index contributed by atoms with van der Waals surface area (Å²) in [5, 5.41) is 3.36. The van der Waals surface area contributed by atoms with Gasteiger partial charge in [0.15, 0.2) is 0 Å². The molecule has 1 aromatic rings. The number of unbranched alkanes of at least 4 members (excludes halogenated alkanes) is 1. The Morgan fingerprint density at radius 2 is 2.10 bits per heavy atom. The highest BCUT2D eigenvalue weighted by atomic mass is 16.5. The second-order valence-corrected chi connectivity index (χ2v) is 5.35. The van der Waals surface area contributed by atoms with Gasteiger partial charge >= 0.3 is 0 Å². The minimum absolute atomic E-state index is 0.796. The maximum Gasteiger partial charge on any atom is 0.119 e. The van der Waals surface area contributed by atoms with Crippen LogP contribution in [0.3, 0.4) is 0 Å². The van der Waals surface area contributed by atoms with E-state index in [-0.39, 0.29) is 0 Å². The number of nitrogens with one attached hydrogen (secondary N) is 1. The molecule has 0 amide bonds. The Morgan fingerprint density at radius 1 is 1.20 bits per heavy atom. The minimum atomic E-state index is 0.796. The fourth-order valence-corrected chi connectivity index (χ4v) is 2.40. The molecule has 112 valence electrons. The van der Waals surface area contributed by atoms with E-state index in [1.807, 2.05) is 0 Å². The van der Waals surface area contributed by atoms with Gasteiger partial charge in [-0.25, -0.2) is 0 Å². The molecule has 0 bridgehead atoms. The van der Waals surface area contributed by atoms with Crippen LogP contribution in [0.2, 0.25) is 0 Å². The van der Waals surface area contributed by atoms with E-state index in [2.05, 4.69) is 35.5 Å². The molecule has 1 heterocycles. The van der Waals surface area contributed by atoms with Crippen LogP contribution in [0.25, 0.3) is 0 Å². The number of fused-ring (bicyclic) bond motifs is 1. The van der Waals surface area contributed by atoms with E-state index in [0.29, 0.717) is 0 Å². The fourth-order valence-electron chi connectivity index (χ4n) is 2.40. The average Bonchev–Trinajstić information content (AvgIpc) is 2.92. The van der Waals surface area contributed by atoms with Gasteiger partial charge in [0.05, 0.1) is 13.2 Å². The Hall–Kier alpha value is -1.26. The third kappa shape index (κ3) is 4.69. The van der Waals surface area contributed by atoms with Gasteiger partial charge in [-0.05, 0) is 56.6 Å². The van der Waals surface area contributed by atoms with Crippen LogP contribution in [0.5, 0.6) is 5.75 Å². The highest BCUT2D eigenvalue weighted by Crippen LogP contribution is 2.26. The summed E-state index contributed by atoms with van der Waals surface area (Å²) < 4.78 is 10.9. The number of ether oxygens (including phenoxy) is 2. The van der Waals surface area contributed by atoms with Crippen molar-refractivity contribution < 1.29 is 9.47 Å². The van der Waals surface area contributed by atoms with Gasteiger partial charge in [0.1, 0.15) is 5.75 Å². The van der Waals surface area contributed by atoms with Crippen molar-refractivity contribution >= 4 is 5.69 Å². The molecular weight excluding hydrogens is 252 g/mol. The predicted octanol–water partition coefficient (Wildman–Crippen LogP) is 2.39. The number of likely N-dealkylation sites (N-methyl/N-ethyl adjacent to an activating group) is 1. The average molecular weight is 278 g/mol. The molecule has 0 fully saturated rings. The minimum Gasteiger partial charge on any atom is -0.494 e. The van der Waals surface area contributed by atoms with Gasteiger partial charge in [-0.2, -0.15) is 0 Å². The van der Waals surface area contributed by atoms with Crippen molar-refractivity contribution in [1.29, 1.82) is 0 Å².